The Balaban J connectivity index is 1.51. The summed E-state index contributed by atoms with van der Waals surface area (Å²) in [6, 6.07) is 18.4. The van der Waals surface area contributed by atoms with E-state index in [2.05, 4.69) is 70.2 Å². The van der Waals surface area contributed by atoms with Crippen molar-refractivity contribution in [1.82, 2.24) is 0 Å². The average molecular weight is 469 g/mol. The monoisotopic (exact) mass is 468 g/mol. The van der Waals surface area contributed by atoms with Crippen molar-refractivity contribution in [2.75, 3.05) is 13.2 Å². The van der Waals surface area contributed by atoms with E-state index in [0.717, 1.165) is 62.8 Å². The molecule has 0 spiro atoms. The van der Waals surface area contributed by atoms with Crippen molar-refractivity contribution in [3.63, 3.8) is 0 Å². The fraction of sp³-hybridized carbons (Fsp3) is 0.290. The maximum atomic E-state index is 6.36. The van der Waals surface area contributed by atoms with E-state index in [1.165, 1.54) is 0 Å². The minimum atomic E-state index is -0.323. The van der Waals surface area contributed by atoms with Gasteiger partial charge in [-0.2, -0.15) is 0 Å². The van der Waals surface area contributed by atoms with Crippen LogP contribution in [0.4, 0.5) is 0 Å². The molecule has 0 fully saturated rings. The van der Waals surface area contributed by atoms with Gasteiger partial charge in [0.1, 0.15) is 41.8 Å². The molecular formula is C31H32O4. The van der Waals surface area contributed by atoms with Crippen LogP contribution in [-0.4, -0.2) is 18.8 Å². The second-order valence-electron chi connectivity index (χ2n) is 9.63. The van der Waals surface area contributed by atoms with Gasteiger partial charge in [0.25, 0.3) is 0 Å². The van der Waals surface area contributed by atoms with Gasteiger partial charge in [0, 0.05) is 22.8 Å². The van der Waals surface area contributed by atoms with Crippen LogP contribution in [0, 0.1) is 6.92 Å². The van der Waals surface area contributed by atoms with Crippen LogP contribution < -0.4 is 18.9 Å². The van der Waals surface area contributed by atoms with E-state index in [9.17, 15) is 0 Å². The molecular weight excluding hydrogens is 436 g/mol. The van der Waals surface area contributed by atoms with Gasteiger partial charge in [-0.3, -0.25) is 0 Å². The smallest absolute Gasteiger partial charge is 0.138 e. The summed E-state index contributed by atoms with van der Waals surface area (Å²) in [5.74, 6) is 3.35. The first-order valence-corrected chi connectivity index (χ1v) is 12.3. The molecule has 5 rings (SSSR count). The molecule has 0 saturated heterocycles. The van der Waals surface area contributed by atoms with E-state index >= 15 is 0 Å². The van der Waals surface area contributed by atoms with Crippen LogP contribution in [0.2, 0.25) is 0 Å². The number of aryl methyl sites for hydroxylation is 1. The van der Waals surface area contributed by atoms with Crippen molar-refractivity contribution in [3.05, 3.63) is 88.5 Å². The molecule has 35 heavy (non-hydrogen) atoms. The van der Waals surface area contributed by atoms with E-state index < -0.39 is 0 Å². The van der Waals surface area contributed by atoms with Gasteiger partial charge < -0.3 is 18.9 Å². The molecule has 3 aromatic carbocycles. The lowest BCUT2D eigenvalue weighted by atomic mass is 9.92. The van der Waals surface area contributed by atoms with Crippen molar-refractivity contribution in [3.8, 4) is 23.0 Å². The normalized spacial score (nSPS) is 15.3. The number of rotatable bonds is 7. The van der Waals surface area contributed by atoms with E-state index in [-0.39, 0.29) is 5.60 Å². The van der Waals surface area contributed by atoms with Crippen molar-refractivity contribution in [2.24, 2.45) is 0 Å². The highest BCUT2D eigenvalue weighted by atomic mass is 16.5. The van der Waals surface area contributed by atoms with Crippen molar-refractivity contribution < 1.29 is 18.9 Å². The molecule has 0 aliphatic carbocycles. The van der Waals surface area contributed by atoms with Crippen molar-refractivity contribution in [1.29, 1.82) is 0 Å². The highest BCUT2D eigenvalue weighted by Crippen LogP contribution is 2.45. The van der Waals surface area contributed by atoms with E-state index in [1.807, 2.05) is 30.3 Å². The van der Waals surface area contributed by atoms with Crippen LogP contribution in [0.25, 0.3) is 17.7 Å². The van der Waals surface area contributed by atoms with E-state index in [4.69, 9.17) is 18.9 Å². The zero-order chi connectivity index (χ0) is 24.4. The zero-order valence-electron chi connectivity index (χ0n) is 20.9. The molecule has 4 nitrogen and oxygen atoms in total. The summed E-state index contributed by atoms with van der Waals surface area (Å²) < 4.78 is 24.8. The van der Waals surface area contributed by atoms with Gasteiger partial charge in [0.2, 0.25) is 0 Å². The largest absolute Gasteiger partial charge is 0.493 e. The maximum absolute atomic E-state index is 6.36. The Labute approximate surface area is 207 Å². The Morgan fingerprint density at radius 3 is 2.60 bits per heavy atom. The average Bonchev–Trinajstić information content (AvgIpc) is 2.86. The highest BCUT2D eigenvalue weighted by molar-refractivity contribution is 5.91. The van der Waals surface area contributed by atoms with Gasteiger partial charge in [-0.15, -0.1) is 0 Å². The minimum absolute atomic E-state index is 0.323. The quantitative estimate of drug-likeness (QED) is 0.360. The number of hydrogen-bond donors (Lipinski definition) is 0. The van der Waals surface area contributed by atoms with Gasteiger partial charge >= 0.3 is 0 Å². The number of benzene rings is 3. The molecule has 0 radical (unpaired) electrons. The molecule has 180 valence electrons. The molecule has 0 aromatic heterocycles. The van der Waals surface area contributed by atoms with Crippen LogP contribution in [0.5, 0.6) is 23.0 Å². The Hall–Kier alpha value is -3.66. The SMILES string of the molecule is CCCOc1ccc(C2=Cc3c(C)cc4c(c3OC2)C=CC(C)(C)O4)c(OCc2ccccc2)c1. The third-order valence-electron chi connectivity index (χ3n) is 6.25. The van der Waals surface area contributed by atoms with Crippen LogP contribution in [0.1, 0.15) is 55.0 Å². The Morgan fingerprint density at radius 2 is 1.80 bits per heavy atom. The standard InChI is InChI=1S/C31H32O4/c1-5-15-32-24-11-12-25(28(18-24)33-19-22-9-7-6-8-10-22)23-17-27-21(2)16-29-26(30(27)34-20-23)13-14-31(3,4)35-29/h6-14,16-18H,5,15,19-20H2,1-4H3. The Morgan fingerprint density at radius 1 is 0.971 bits per heavy atom. The fourth-order valence-corrected chi connectivity index (χ4v) is 4.42. The van der Waals surface area contributed by atoms with Gasteiger partial charge in [-0.1, -0.05) is 37.3 Å². The van der Waals surface area contributed by atoms with Crippen LogP contribution in [0.15, 0.2) is 60.7 Å². The molecule has 0 bridgehead atoms. The van der Waals surface area contributed by atoms with Crippen LogP contribution in [-0.2, 0) is 6.61 Å². The van der Waals surface area contributed by atoms with Crippen molar-refractivity contribution >= 4 is 17.7 Å². The molecule has 0 amide bonds. The fourth-order valence-electron chi connectivity index (χ4n) is 4.42. The molecule has 2 aliphatic heterocycles. The van der Waals surface area contributed by atoms with Gasteiger partial charge in [-0.25, -0.2) is 0 Å². The van der Waals surface area contributed by atoms with Crippen LogP contribution >= 0.6 is 0 Å². The third kappa shape index (κ3) is 4.93. The second kappa shape index (κ2) is 9.53. The molecule has 0 atom stereocenters. The van der Waals surface area contributed by atoms with E-state index in [1.54, 1.807) is 0 Å². The molecule has 2 heterocycles. The molecule has 0 unspecified atom stereocenters. The maximum Gasteiger partial charge on any atom is 0.138 e. The van der Waals surface area contributed by atoms with Crippen molar-refractivity contribution in [2.45, 2.75) is 46.3 Å². The van der Waals surface area contributed by atoms with Gasteiger partial charge in [-0.05, 0) is 74.7 Å². The molecule has 0 N–H and O–H groups in total. The summed E-state index contributed by atoms with van der Waals surface area (Å²) in [5.41, 5.74) is 6.09. The molecule has 2 aliphatic rings. The van der Waals surface area contributed by atoms with Crippen LogP contribution in [0.3, 0.4) is 0 Å². The number of ether oxygens (including phenoxy) is 4. The topological polar surface area (TPSA) is 36.9 Å². The van der Waals surface area contributed by atoms with Gasteiger partial charge in [0.15, 0.2) is 0 Å². The summed E-state index contributed by atoms with van der Waals surface area (Å²) in [5, 5.41) is 0. The highest BCUT2D eigenvalue weighted by Gasteiger charge is 2.28. The van der Waals surface area contributed by atoms with Gasteiger partial charge in [0.05, 0.1) is 12.2 Å². The van der Waals surface area contributed by atoms with E-state index in [0.29, 0.717) is 19.8 Å². The number of fused-ring (bicyclic) bond motifs is 3. The lowest BCUT2D eigenvalue weighted by molar-refractivity contribution is 0.158. The lowest BCUT2D eigenvalue weighted by Gasteiger charge is -2.31. The molecule has 0 saturated carbocycles. The summed E-state index contributed by atoms with van der Waals surface area (Å²) in [6.45, 7) is 9.94. The predicted molar refractivity (Wildman–Crippen MR) is 141 cm³/mol. The second-order valence-corrected chi connectivity index (χ2v) is 9.63. The number of hydrogen-bond acceptors (Lipinski definition) is 4. The summed E-state index contributed by atoms with van der Waals surface area (Å²) in [7, 11) is 0. The summed E-state index contributed by atoms with van der Waals surface area (Å²) >= 11 is 0. The first-order chi connectivity index (χ1) is 16.9. The summed E-state index contributed by atoms with van der Waals surface area (Å²) in [6.07, 6.45) is 7.37. The minimum Gasteiger partial charge on any atom is -0.493 e. The predicted octanol–water partition coefficient (Wildman–Crippen LogP) is 7.48. The zero-order valence-corrected chi connectivity index (χ0v) is 20.9. The lowest BCUT2D eigenvalue weighted by Crippen LogP contribution is -2.28. The first-order valence-electron chi connectivity index (χ1n) is 12.3. The first kappa shape index (κ1) is 23.1. The molecule has 3 aromatic rings. The Kier molecular flexibility index (Phi) is 6.29. The third-order valence-corrected chi connectivity index (χ3v) is 6.25. The summed E-state index contributed by atoms with van der Waals surface area (Å²) in [4.78, 5) is 0. The molecule has 4 heteroatoms. The Bertz CT molecular complexity index is 1290.